The molecule has 0 saturated heterocycles. The molecule has 0 aliphatic heterocycles. The molecule has 0 amide bonds. The molecule has 4 radical (unpaired) electrons. The molecule has 3 heteroatoms. The topological polar surface area (TPSA) is 0 Å². The smallest absolute Gasteiger partial charge is 0 e. The summed E-state index contributed by atoms with van der Waals surface area (Å²) in [6, 6.07) is 0. The van der Waals surface area contributed by atoms with Gasteiger partial charge in [-0.05, 0) is 0 Å². The van der Waals surface area contributed by atoms with E-state index in [2.05, 4.69) is 19.5 Å². The van der Waals surface area contributed by atoms with Crippen LogP contribution in [0, 0.1) is 0 Å². The molecular weight excluding hydrogens is 419 g/mol. The first-order valence-electron chi connectivity index (χ1n) is 1.79. The van der Waals surface area contributed by atoms with Gasteiger partial charge in [-0.25, -0.2) is 0 Å². The Morgan fingerprint density at radius 2 is 0.714 bits per heavy atom. The SMILES string of the molecule is [CH3][Sb][CH3].[CH3][Sb][CH3].[Te]. The van der Waals surface area contributed by atoms with Crippen molar-refractivity contribution in [2.75, 3.05) is 0 Å². The molecule has 0 saturated carbocycles. The van der Waals surface area contributed by atoms with Crippen LogP contribution in [0.3, 0.4) is 0 Å². The zero-order chi connectivity index (χ0) is 5.41. The second-order valence-corrected chi connectivity index (χ2v) is 6.00. The first-order chi connectivity index (χ1) is 2.83. The molecule has 0 aliphatic rings. The predicted molar refractivity (Wildman–Crippen MR) is 40.7 cm³/mol. The minimum atomic E-state index is 0. The summed E-state index contributed by atoms with van der Waals surface area (Å²) in [5, 5.41) is 0. The van der Waals surface area contributed by atoms with Crippen LogP contribution in [0.4, 0.5) is 0 Å². The van der Waals surface area contributed by atoms with E-state index in [0.717, 1.165) is 0 Å². The fourth-order valence-electron chi connectivity index (χ4n) is 0. The fraction of sp³-hybridized carbons (Fsp3) is 1.00. The van der Waals surface area contributed by atoms with E-state index in [4.69, 9.17) is 0 Å². The van der Waals surface area contributed by atoms with Crippen molar-refractivity contribution in [2.45, 2.75) is 19.5 Å². The monoisotopic (exact) mass is 432 g/mol. The Morgan fingerprint density at radius 3 is 0.714 bits per heavy atom. The third kappa shape index (κ3) is 59.1. The van der Waals surface area contributed by atoms with Crippen molar-refractivity contribution in [2.24, 2.45) is 0 Å². The molecule has 0 N–H and O–H groups in total. The normalized spacial score (nSPS) is 5.14. The zero-order valence-corrected chi connectivity index (χ0v) is 12.7. The van der Waals surface area contributed by atoms with Gasteiger partial charge in [-0.15, -0.1) is 0 Å². The van der Waals surface area contributed by atoms with Crippen LogP contribution in [-0.2, 0) is 0 Å². The molecule has 0 unspecified atom stereocenters. The van der Waals surface area contributed by atoms with Crippen LogP contribution in [-0.4, -0.2) is 66.9 Å². The van der Waals surface area contributed by atoms with E-state index in [1.165, 1.54) is 0 Å². The van der Waals surface area contributed by atoms with Crippen molar-refractivity contribution in [3.8, 4) is 0 Å². The molecule has 0 aromatic carbocycles. The van der Waals surface area contributed by atoms with E-state index in [0.29, 0.717) is 43.2 Å². The summed E-state index contributed by atoms with van der Waals surface area (Å²) < 4.78 is 0. The number of hydrogen-bond donors (Lipinski definition) is 0. The second-order valence-electron chi connectivity index (χ2n) is 0.894. The summed E-state index contributed by atoms with van der Waals surface area (Å²) in [6.45, 7) is 0. The molecule has 0 rings (SSSR count). The molecule has 0 fully saturated rings. The zero-order valence-electron chi connectivity index (χ0n) is 5.30. The summed E-state index contributed by atoms with van der Waals surface area (Å²) in [5.41, 5.74) is 0. The first-order valence-corrected chi connectivity index (χ1v) is 12.0. The van der Waals surface area contributed by atoms with Crippen molar-refractivity contribution in [1.29, 1.82) is 0 Å². The summed E-state index contributed by atoms with van der Waals surface area (Å²) >= 11 is 0.700. The maximum absolute atomic E-state index is 2.28. The van der Waals surface area contributed by atoms with Gasteiger partial charge in [0.15, 0.2) is 0 Å². The van der Waals surface area contributed by atoms with Crippen LogP contribution in [0.5, 0.6) is 0 Å². The number of rotatable bonds is 0. The van der Waals surface area contributed by atoms with Crippen molar-refractivity contribution >= 4 is 66.9 Å². The second kappa shape index (κ2) is 23.7. The summed E-state index contributed by atoms with van der Waals surface area (Å²) in [4.78, 5) is 9.10. The standard InChI is InChI=1S/4CH3.2Sb.Te/h4*1H3;;;. The molecule has 0 aliphatic carbocycles. The van der Waals surface area contributed by atoms with Gasteiger partial charge in [0, 0.05) is 23.7 Å². The molecule has 0 nitrogen and oxygen atoms in total. The number of hydrogen-bond acceptors (Lipinski definition) is 0. The Hall–Kier alpha value is 2.43. The Bertz CT molecular complexity index is 11.7. The Morgan fingerprint density at radius 1 is 0.714 bits per heavy atom. The molecule has 0 atom stereocenters. The Kier molecular flexibility index (Phi) is 54.9. The molecule has 0 aromatic heterocycles. The molecule has 44 valence electrons. The molecule has 0 heterocycles. The van der Waals surface area contributed by atoms with Crippen molar-refractivity contribution in [3.05, 3.63) is 0 Å². The minimum absolute atomic E-state index is 0. The van der Waals surface area contributed by atoms with E-state index in [1.807, 2.05) is 0 Å². The van der Waals surface area contributed by atoms with Crippen molar-refractivity contribution < 1.29 is 0 Å². The maximum Gasteiger partial charge on any atom is 0 e. The summed E-state index contributed by atoms with van der Waals surface area (Å²) in [7, 11) is 0. The molecule has 0 aromatic rings. The quantitative estimate of drug-likeness (QED) is 0.506. The van der Waals surface area contributed by atoms with Crippen molar-refractivity contribution in [3.63, 3.8) is 0 Å². The van der Waals surface area contributed by atoms with Gasteiger partial charge in [-0.1, -0.05) is 0 Å². The van der Waals surface area contributed by atoms with Crippen LogP contribution in [0.1, 0.15) is 0 Å². The fourth-order valence-corrected chi connectivity index (χ4v) is 0. The van der Waals surface area contributed by atoms with E-state index < -0.39 is 0 Å². The van der Waals surface area contributed by atoms with E-state index in [-0.39, 0.29) is 23.7 Å². The van der Waals surface area contributed by atoms with Crippen LogP contribution in [0.15, 0.2) is 0 Å². The van der Waals surface area contributed by atoms with Gasteiger partial charge in [0.05, 0.1) is 0 Å². The van der Waals surface area contributed by atoms with Gasteiger partial charge in [0.1, 0.15) is 0 Å². The Balaban J connectivity index is -0.0000000400. The molecule has 7 heavy (non-hydrogen) atoms. The van der Waals surface area contributed by atoms with Gasteiger partial charge in [0.25, 0.3) is 0 Å². The van der Waals surface area contributed by atoms with Gasteiger partial charge >= 0.3 is 62.7 Å². The van der Waals surface area contributed by atoms with E-state index in [1.54, 1.807) is 0 Å². The van der Waals surface area contributed by atoms with Gasteiger partial charge < -0.3 is 0 Å². The molecule has 0 bridgehead atoms. The average molecular weight is 431 g/mol. The van der Waals surface area contributed by atoms with Crippen LogP contribution >= 0.6 is 0 Å². The van der Waals surface area contributed by atoms with Crippen LogP contribution in [0.2, 0.25) is 19.5 Å². The van der Waals surface area contributed by atoms with Gasteiger partial charge in [-0.2, -0.15) is 0 Å². The Labute approximate surface area is 85.0 Å². The summed E-state index contributed by atoms with van der Waals surface area (Å²) in [5.74, 6) is 0. The first kappa shape index (κ1) is 16.2. The predicted octanol–water partition coefficient (Wildman–Crippen LogP) is 1.19. The third-order valence-corrected chi connectivity index (χ3v) is 0. The van der Waals surface area contributed by atoms with Crippen LogP contribution in [0.25, 0.3) is 0 Å². The summed E-state index contributed by atoms with van der Waals surface area (Å²) in [6.07, 6.45) is 0. The third-order valence-electron chi connectivity index (χ3n) is 0. The van der Waals surface area contributed by atoms with Crippen LogP contribution < -0.4 is 0 Å². The van der Waals surface area contributed by atoms with E-state index in [9.17, 15) is 0 Å². The molecule has 0 spiro atoms. The van der Waals surface area contributed by atoms with Crippen molar-refractivity contribution in [1.82, 2.24) is 0 Å². The van der Waals surface area contributed by atoms with Gasteiger partial charge in [0.2, 0.25) is 0 Å². The molecular formula is C4H12Sb2Te. The van der Waals surface area contributed by atoms with E-state index >= 15 is 0 Å². The average Bonchev–Trinajstić information content (AvgIpc) is 1.39. The largest absolute Gasteiger partial charge is 0 e. The minimum Gasteiger partial charge on any atom is 0 e. The maximum atomic E-state index is 2.28. The van der Waals surface area contributed by atoms with Gasteiger partial charge in [-0.3, -0.25) is 0 Å².